The lowest BCUT2D eigenvalue weighted by Gasteiger charge is -2.06. The number of rotatable bonds is 3. The Morgan fingerprint density at radius 2 is 2.27 bits per heavy atom. The Kier molecular flexibility index (Phi) is 2.68. The molecule has 1 aromatic heterocycles. The SMILES string of the molecule is COc1ccc(Oc2nncs2)cc1N. The summed E-state index contributed by atoms with van der Waals surface area (Å²) in [6.45, 7) is 0. The van der Waals surface area contributed by atoms with Gasteiger partial charge in [0.25, 0.3) is 5.19 Å². The molecule has 78 valence electrons. The van der Waals surface area contributed by atoms with Crippen molar-refractivity contribution >= 4 is 17.0 Å². The third-order valence-corrected chi connectivity index (χ3v) is 2.31. The summed E-state index contributed by atoms with van der Waals surface area (Å²) < 4.78 is 10.4. The lowest BCUT2D eigenvalue weighted by molar-refractivity contribution is 0.415. The predicted molar refractivity (Wildman–Crippen MR) is 57.4 cm³/mol. The molecule has 2 rings (SSSR count). The molecule has 0 saturated heterocycles. The molecule has 0 aliphatic rings. The number of hydrogen-bond donors (Lipinski definition) is 1. The molecule has 0 bridgehead atoms. The summed E-state index contributed by atoms with van der Waals surface area (Å²) in [5.41, 5.74) is 7.85. The second-order valence-corrected chi connectivity index (χ2v) is 3.51. The van der Waals surface area contributed by atoms with E-state index in [1.165, 1.54) is 11.3 Å². The molecule has 0 amide bonds. The van der Waals surface area contributed by atoms with Crippen molar-refractivity contribution in [1.82, 2.24) is 10.2 Å². The third-order valence-electron chi connectivity index (χ3n) is 1.75. The summed E-state index contributed by atoms with van der Waals surface area (Å²) in [5.74, 6) is 1.24. The molecule has 0 radical (unpaired) electrons. The Labute approximate surface area is 90.5 Å². The van der Waals surface area contributed by atoms with Crippen LogP contribution in [0.3, 0.4) is 0 Å². The number of hydrogen-bond acceptors (Lipinski definition) is 6. The quantitative estimate of drug-likeness (QED) is 0.805. The van der Waals surface area contributed by atoms with Crippen LogP contribution in [0.15, 0.2) is 23.7 Å². The number of methoxy groups -OCH3 is 1. The van der Waals surface area contributed by atoms with E-state index in [4.69, 9.17) is 15.2 Å². The smallest absolute Gasteiger partial charge is 0.299 e. The van der Waals surface area contributed by atoms with E-state index in [-0.39, 0.29) is 0 Å². The standard InChI is InChI=1S/C9H9N3O2S/c1-13-8-3-2-6(4-7(8)10)14-9-12-11-5-15-9/h2-5H,10H2,1H3. The van der Waals surface area contributed by atoms with Crippen LogP contribution in [-0.4, -0.2) is 17.3 Å². The van der Waals surface area contributed by atoms with Gasteiger partial charge in [0.05, 0.1) is 12.8 Å². The van der Waals surface area contributed by atoms with E-state index in [1.807, 2.05) is 0 Å². The van der Waals surface area contributed by atoms with Crippen LogP contribution in [0.25, 0.3) is 0 Å². The minimum absolute atomic E-state index is 0.486. The number of nitrogen functional groups attached to an aromatic ring is 1. The first-order chi connectivity index (χ1) is 7.29. The lowest BCUT2D eigenvalue weighted by atomic mass is 10.3. The van der Waals surface area contributed by atoms with Crippen molar-refractivity contribution in [3.63, 3.8) is 0 Å². The average Bonchev–Trinajstić information content (AvgIpc) is 2.71. The molecule has 0 atom stereocenters. The molecule has 2 N–H and O–H groups in total. The molecule has 2 aromatic rings. The minimum Gasteiger partial charge on any atom is -0.495 e. The van der Waals surface area contributed by atoms with Crippen molar-refractivity contribution in [2.24, 2.45) is 0 Å². The van der Waals surface area contributed by atoms with Gasteiger partial charge in [-0.15, -0.1) is 5.10 Å². The number of benzene rings is 1. The first kappa shape index (κ1) is 9.72. The van der Waals surface area contributed by atoms with Gasteiger partial charge in [-0.25, -0.2) is 0 Å². The molecule has 0 fully saturated rings. The van der Waals surface area contributed by atoms with Crippen molar-refractivity contribution in [3.05, 3.63) is 23.7 Å². The Morgan fingerprint density at radius 1 is 1.40 bits per heavy atom. The van der Waals surface area contributed by atoms with Crippen LogP contribution in [0.4, 0.5) is 5.69 Å². The van der Waals surface area contributed by atoms with E-state index in [9.17, 15) is 0 Å². The van der Waals surface area contributed by atoms with Gasteiger partial charge in [-0.2, -0.15) is 0 Å². The van der Waals surface area contributed by atoms with Crippen LogP contribution in [0.5, 0.6) is 16.7 Å². The van der Waals surface area contributed by atoms with Gasteiger partial charge in [0.2, 0.25) is 0 Å². The molecule has 5 nitrogen and oxygen atoms in total. The highest BCUT2D eigenvalue weighted by atomic mass is 32.1. The first-order valence-corrected chi connectivity index (χ1v) is 5.05. The van der Waals surface area contributed by atoms with E-state index in [1.54, 1.807) is 30.8 Å². The van der Waals surface area contributed by atoms with Crippen molar-refractivity contribution in [2.45, 2.75) is 0 Å². The molecule has 1 heterocycles. The Hall–Kier alpha value is -1.82. The van der Waals surface area contributed by atoms with Gasteiger partial charge in [-0.3, -0.25) is 0 Å². The zero-order valence-corrected chi connectivity index (χ0v) is 8.82. The van der Waals surface area contributed by atoms with Crippen LogP contribution in [0, 0.1) is 0 Å². The molecule has 0 aliphatic carbocycles. The van der Waals surface area contributed by atoms with E-state index in [0.29, 0.717) is 22.4 Å². The molecular formula is C9H9N3O2S. The lowest BCUT2D eigenvalue weighted by Crippen LogP contribution is -1.93. The summed E-state index contributed by atoms with van der Waals surface area (Å²) in [6.07, 6.45) is 0. The van der Waals surface area contributed by atoms with E-state index < -0.39 is 0 Å². The molecular weight excluding hydrogens is 214 g/mol. The number of nitrogens with two attached hydrogens (primary N) is 1. The van der Waals surface area contributed by atoms with Gasteiger partial charge >= 0.3 is 0 Å². The monoisotopic (exact) mass is 223 g/mol. The van der Waals surface area contributed by atoms with Crippen LogP contribution < -0.4 is 15.2 Å². The third kappa shape index (κ3) is 2.16. The number of anilines is 1. The van der Waals surface area contributed by atoms with Crippen molar-refractivity contribution < 1.29 is 9.47 Å². The number of nitrogens with zero attached hydrogens (tertiary/aromatic N) is 2. The zero-order chi connectivity index (χ0) is 10.7. The molecule has 0 spiro atoms. The van der Waals surface area contributed by atoms with Crippen molar-refractivity contribution in [1.29, 1.82) is 0 Å². The topological polar surface area (TPSA) is 70.3 Å². The van der Waals surface area contributed by atoms with Gasteiger partial charge in [0.1, 0.15) is 17.0 Å². The van der Waals surface area contributed by atoms with Gasteiger partial charge in [-0.05, 0) is 12.1 Å². The normalized spacial score (nSPS) is 9.93. The molecule has 15 heavy (non-hydrogen) atoms. The van der Waals surface area contributed by atoms with Gasteiger partial charge in [0, 0.05) is 6.07 Å². The van der Waals surface area contributed by atoms with Crippen molar-refractivity contribution in [3.8, 4) is 16.7 Å². The summed E-state index contributed by atoms with van der Waals surface area (Å²) in [5, 5.41) is 7.91. The molecule has 6 heteroatoms. The van der Waals surface area contributed by atoms with Crippen LogP contribution in [-0.2, 0) is 0 Å². The predicted octanol–water partition coefficient (Wildman–Crippen LogP) is 1.92. The number of aromatic nitrogens is 2. The average molecular weight is 223 g/mol. The van der Waals surface area contributed by atoms with Gasteiger partial charge in [-0.1, -0.05) is 16.4 Å². The fourth-order valence-electron chi connectivity index (χ4n) is 1.08. The maximum atomic E-state index is 5.72. The summed E-state index contributed by atoms with van der Waals surface area (Å²) in [7, 11) is 1.57. The summed E-state index contributed by atoms with van der Waals surface area (Å²) in [4.78, 5) is 0. The fraction of sp³-hybridized carbons (Fsp3) is 0.111. The second kappa shape index (κ2) is 4.14. The Morgan fingerprint density at radius 3 is 2.87 bits per heavy atom. The van der Waals surface area contributed by atoms with Crippen LogP contribution in [0.1, 0.15) is 0 Å². The van der Waals surface area contributed by atoms with Crippen molar-refractivity contribution in [2.75, 3.05) is 12.8 Å². The highest BCUT2D eigenvalue weighted by Crippen LogP contribution is 2.29. The number of ether oxygens (including phenoxy) is 2. The van der Waals surface area contributed by atoms with Crippen LogP contribution in [0.2, 0.25) is 0 Å². The summed E-state index contributed by atoms with van der Waals surface area (Å²) in [6, 6.07) is 5.18. The second-order valence-electron chi connectivity index (χ2n) is 2.71. The molecule has 0 saturated carbocycles. The Balaban J connectivity index is 2.20. The molecule has 0 unspecified atom stereocenters. The fourth-order valence-corrected chi connectivity index (χ4v) is 1.51. The van der Waals surface area contributed by atoms with Crippen LogP contribution >= 0.6 is 11.3 Å². The van der Waals surface area contributed by atoms with Gasteiger partial charge < -0.3 is 15.2 Å². The molecule has 1 aromatic carbocycles. The Bertz CT molecular complexity index is 445. The summed E-state index contributed by atoms with van der Waals surface area (Å²) >= 11 is 1.32. The van der Waals surface area contributed by atoms with E-state index in [0.717, 1.165) is 0 Å². The van der Waals surface area contributed by atoms with E-state index in [2.05, 4.69) is 10.2 Å². The maximum Gasteiger partial charge on any atom is 0.299 e. The minimum atomic E-state index is 0.486. The van der Waals surface area contributed by atoms with E-state index >= 15 is 0 Å². The zero-order valence-electron chi connectivity index (χ0n) is 8.01. The molecule has 0 aliphatic heterocycles. The highest BCUT2D eigenvalue weighted by Gasteiger charge is 2.04. The maximum absolute atomic E-state index is 5.72. The largest absolute Gasteiger partial charge is 0.495 e. The van der Waals surface area contributed by atoms with Gasteiger partial charge in [0.15, 0.2) is 0 Å². The highest BCUT2D eigenvalue weighted by molar-refractivity contribution is 7.11. The first-order valence-electron chi connectivity index (χ1n) is 4.17.